The van der Waals surface area contributed by atoms with Gasteiger partial charge in [-0.25, -0.2) is 0 Å². The summed E-state index contributed by atoms with van der Waals surface area (Å²) in [4.78, 5) is 0. The second-order valence-corrected chi connectivity index (χ2v) is 3.85. The molecule has 2 aromatic rings. The van der Waals surface area contributed by atoms with Crippen LogP contribution in [0.2, 0.25) is 0 Å². The van der Waals surface area contributed by atoms with E-state index in [9.17, 15) is 5.11 Å². The van der Waals surface area contributed by atoms with Crippen molar-refractivity contribution in [2.24, 2.45) is 7.05 Å². The van der Waals surface area contributed by atoms with Gasteiger partial charge >= 0.3 is 0 Å². The normalized spacial score (nSPS) is 13.1. The first-order chi connectivity index (χ1) is 7.74. The molecule has 16 heavy (non-hydrogen) atoms. The van der Waals surface area contributed by atoms with Crippen LogP contribution in [0.5, 0.6) is 5.75 Å². The number of nitrogens with one attached hydrogen (secondary N) is 2. The predicted molar refractivity (Wildman–Crippen MR) is 61.9 cm³/mol. The fraction of sp³-hybridized carbons (Fsp3) is 0.182. The number of fused-ring (bicyclic) bond motifs is 2. The van der Waals surface area contributed by atoms with Crippen molar-refractivity contribution < 1.29 is 5.11 Å². The molecule has 5 heteroatoms. The van der Waals surface area contributed by atoms with Crippen LogP contribution in [0, 0.1) is 0 Å². The summed E-state index contributed by atoms with van der Waals surface area (Å²) < 4.78 is 1.80. The fourth-order valence-corrected chi connectivity index (χ4v) is 1.88. The molecule has 2 heterocycles. The van der Waals surface area contributed by atoms with Gasteiger partial charge in [0.1, 0.15) is 11.6 Å². The first-order valence-electron chi connectivity index (χ1n) is 5.09. The smallest absolute Gasteiger partial charge is 0.133 e. The van der Waals surface area contributed by atoms with Gasteiger partial charge in [0.25, 0.3) is 0 Å². The molecule has 0 saturated heterocycles. The molecule has 0 bridgehead atoms. The zero-order chi connectivity index (χ0) is 11.1. The molecule has 0 radical (unpaired) electrons. The molecule has 0 atom stereocenters. The molecule has 0 spiro atoms. The van der Waals surface area contributed by atoms with Crippen LogP contribution in [0.1, 0.15) is 5.56 Å². The summed E-state index contributed by atoms with van der Waals surface area (Å²) >= 11 is 0. The quantitative estimate of drug-likeness (QED) is 0.587. The Bertz CT molecular complexity index is 547. The summed E-state index contributed by atoms with van der Waals surface area (Å²) in [5.41, 5.74) is 2.95. The number of aromatic nitrogens is 2. The van der Waals surface area contributed by atoms with Crippen molar-refractivity contribution in [1.29, 1.82) is 0 Å². The lowest BCUT2D eigenvalue weighted by Gasteiger charge is -2.09. The lowest BCUT2D eigenvalue weighted by molar-refractivity contribution is 0.475. The Morgan fingerprint density at radius 1 is 1.38 bits per heavy atom. The van der Waals surface area contributed by atoms with E-state index in [2.05, 4.69) is 15.7 Å². The Hall–Kier alpha value is -2.17. The molecule has 1 aliphatic rings. The lowest BCUT2D eigenvalue weighted by Crippen LogP contribution is -1.99. The Morgan fingerprint density at radius 2 is 2.25 bits per heavy atom. The third-order valence-electron chi connectivity index (χ3n) is 2.74. The highest BCUT2D eigenvalue weighted by Gasteiger charge is 2.15. The average Bonchev–Trinajstić information content (AvgIpc) is 2.51. The van der Waals surface area contributed by atoms with Gasteiger partial charge in [0, 0.05) is 25.2 Å². The minimum atomic E-state index is 0.261. The van der Waals surface area contributed by atoms with E-state index in [0.29, 0.717) is 6.54 Å². The highest BCUT2D eigenvalue weighted by molar-refractivity contribution is 5.77. The van der Waals surface area contributed by atoms with Gasteiger partial charge in [-0.1, -0.05) is 0 Å². The van der Waals surface area contributed by atoms with Gasteiger partial charge in [0.05, 0.1) is 17.6 Å². The van der Waals surface area contributed by atoms with Crippen molar-refractivity contribution in [1.82, 2.24) is 9.78 Å². The largest absolute Gasteiger partial charge is 0.508 e. The van der Waals surface area contributed by atoms with E-state index in [1.165, 1.54) is 0 Å². The molecule has 1 aliphatic heterocycles. The standard InChI is InChI=1S/C11H12N4O/c1-15-11-7(6-13-15)5-12-10-4-8(16)2-3-9(10)14-11/h2-4,6,12,14,16H,5H2,1H3. The SMILES string of the molecule is Cn1ncc2c1Nc1ccc(O)cc1NC2. The molecular weight excluding hydrogens is 204 g/mol. The van der Waals surface area contributed by atoms with E-state index < -0.39 is 0 Å². The minimum Gasteiger partial charge on any atom is -0.508 e. The van der Waals surface area contributed by atoms with Gasteiger partial charge in [-0.15, -0.1) is 0 Å². The van der Waals surface area contributed by atoms with Gasteiger partial charge in [-0.2, -0.15) is 5.10 Å². The number of rotatable bonds is 0. The van der Waals surface area contributed by atoms with Crippen LogP contribution in [0.3, 0.4) is 0 Å². The van der Waals surface area contributed by atoms with Crippen molar-refractivity contribution in [3.63, 3.8) is 0 Å². The number of aryl methyl sites for hydroxylation is 1. The summed E-state index contributed by atoms with van der Waals surface area (Å²) in [7, 11) is 1.90. The number of hydrogen-bond acceptors (Lipinski definition) is 4. The Balaban J connectivity index is 2.10. The highest BCUT2D eigenvalue weighted by atomic mass is 16.3. The van der Waals surface area contributed by atoms with E-state index in [4.69, 9.17) is 0 Å². The Morgan fingerprint density at radius 3 is 3.12 bits per heavy atom. The molecular formula is C11H12N4O. The third-order valence-corrected chi connectivity index (χ3v) is 2.74. The number of hydrogen-bond donors (Lipinski definition) is 3. The van der Waals surface area contributed by atoms with Crippen LogP contribution < -0.4 is 10.6 Å². The van der Waals surface area contributed by atoms with E-state index >= 15 is 0 Å². The molecule has 82 valence electrons. The molecule has 5 nitrogen and oxygen atoms in total. The Labute approximate surface area is 92.7 Å². The molecule has 0 fully saturated rings. The van der Waals surface area contributed by atoms with Gasteiger partial charge in [-0.3, -0.25) is 4.68 Å². The monoisotopic (exact) mass is 216 g/mol. The van der Waals surface area contributed by atoms with E-state index in [1.807, 2.05) is 19.3 Å². The van der Waals surface area contributed by atoms with Crippen LogP contribution in [-0.4, -0.2) is 14.9 Å². The number of phenols is 1. The zero-order valence-electron chi connectivity index (χ0n) is 8.86. The van der Waals surface area contributed by atoms with E-state index in [-0.39, 0.29) is 5.75 Å². The summed E-state index contributed by atoms with van der Waals surface area (Å²) in [5.74, 6) is 1.24. The molecule has 1 aromatic heterocycles. The first kappa shape index (κ1) is 9.08. The van der Waals surface area contributed by atoms with Crippen LogP contribution in [0.25, 0.3) is 0 Å². The van der Waals surface area contributed by atoms with Crippen molar-refractivity contribution in [3.05, 3.63) is 30.0 Å². The Kier molecular flexibility index (Phi) is 1.80. The number of anilines is 3. The van der Waals surface area contributed by atoms with Crippen LogP contribution in [0.4, 0.5) is 17.2 Å². The van der Waals surface area contributed by atoms with Gasteiger partial charge in [-0.05, 0) is 12.1 Å². The highest BCUT2D eigenvalue weighted by Crippen LogP contribution is 2.33. The van der Waals surface area contributed by atoms with Crippen molar-refractivity contribution >= 4 is 17.2 Å². The maximum absolute atomic E-state index is 9.42. The number of phenolic OH excluding ortho intramolecular Hbond substituents is 1. The maximum Gasteiger partial charge on any atom is 0.133 e. The lowest BCUT2D eigenvalue weighted by atomic mass is 10.2. The van der Waals surface area contributed by atoms with Gasteiger partial charge in [0.2, 0.25) is 0 Å². The van der Waals surface area contributed by atoms with Crippen LogP contribution in [0.15, 0.2) is 24.4 Å². The summed E-state index contributed by atoms with van der Waals surface area (Å²) in [6.07, 6.45) is 1.83. The first-order valence-corrected chi connectivity index (χ1v) is 5.09. The van der Waals surface area contributed by atoms with Crippen molar-refractivity contribution in [3.8, 4) is 5.75 Å². The second-order valence-electron chi connectivity index (χ2n) is 3.85. The molecule has 3 N–H and O–H groups in total. The third kappa shape index (κ3) is 1.29. The molecule has 1 aromatic carbocycles. The minimum absolute atomic E-state index is 0.261. The summed E-state index contributed by atoms with van der Waals surface area (Å²) in [5, 5.41) is 20.2. The molecule has 0 saturated carbocycles. The fourth-order valence-electron chi connectivity index (χ4n) is 1.88. The maximum atomic E-state index is 9.42. The molecule has 0 amide bonds. The summed E-state index contributed by atoms with van der Waals surface area (Å²) in [6, 6.07) is 5.22. The predicted octanol–water partition coefficient (Wildman–Crippen LogP) is 1.79. The van der Waals surface area contributed by atoms with Crippen LogP contribution >= 0.6 is 0 Å². The van der Waals surface area contributed by atoms with Crippen molar-refractivity contribution in [2.75, 3.05) is 10.6 Å². The van der Waals surface area contributed by atoms with Crippen molar-refractivity contribution in [2.45, 2.75) is 6.54 Å². The number of aromatic hydroxyl groups is 1. The average molecular weight is 216 g/mol. The molecule has 0 unspecified atom stereocenters. The second kappa shape index (κ2) is 3.16. The molecule has 0 aliphatic carbocycles. The summed E-state index contributed by atoms with van der Waals surface area (Å²) in [6.45, 7) is 0.701. The number of nitrogens with zero attached hydrogens (tertiary/aromatic N) is 2. The zero-order valence-corrected chi connectivity index (χ0v) is 8.86. The van der Waals surface area contributed by atoms with E-state index in [1.54, 1.807) is 16.8 Å². The molecule has 3 rings (SSSR count). The number of benzene rings is 1. The van der Waals surface area contributed by atoms with Gasteiger partial charge in [0.15, 0.2) is 0 Å². The van der Waals surface area contributed by atoms with Crippen LogP contribution in [-0.2, 0) is 13.6 Å². The van der Waals surface area contributed by atoms with Gasteiger partial charge < -0.3 is 15.7 Å². The van der Waals surface area contributed by atoms with E-state index in [0.717, 1.165) is 22.8 Å². The topological polar surface area (TPSA) is 62.1 Å².